The van der Waals surface area contributed by atoms with Gasteiger partial charge in [-0.25, -0.2) is 4.98 Å². The molecule has 2 aromatic heterocycles. The van der Waals surface area contributed by atoms with E-state index in [1.165, 1.54) is 0 Å². The molecule has 1 saturated heterocycles. The summed E-state index contributed by atoms with van der Waals surface area (Å²) in [5, 5.41) is 3.96. The van der Waals surface area contributed by atoms with Crippen LogP contribution in [0.15, 0.2) is 22.9 Å². The highest BCUT2D eigenvalue weighted by Crippen LogP contribution is 2.24. The lowest BCUT2D eigenvalue weighted by Crippen LogP contribution is -1.99. The normalized spacial score (nSPS) is 19.6. The molecule has 1 atom stereocenters. The first kappa shape index (κ1) is 10.2. The number of ether oxygens (including phenoxy) is 1. The molecule has 0 radical (unpaired) electrons. The van der Waals surface area contributed by atoms with E-state index in [0.717, 1.165) is 13.0 Å². The molecular formula is C11H12N4O2. The number of anilines is 1. The highest BCUT2D eigenvalue weighted by Gasteiger charge is 2.23. The minimum atomic E-state index is 0.237. The Morgan fingerprint density at radius 2 is 2.29 bits per heavy atom. The number of nitrogen functional groups attached to an aromatic ring is 1. The summed E-state index contributed by atoms with van der Waals surface area (Å²) in [6, 6.07) is 3.52. The van der Waals surface area contributed by atoms with Crippen molar-refractivity contribution in [3.05, 3.63) is 24.2 Å². The number of hydrogen-bond acceptors (Lipinski definition) is 6. The maximum atomic E-state index is 5.56. The van der Waals surface area contributed by atoms with Gasteiger partial charge in [0.25, 0.3) is 5.89 Å². The molecule has 3 rings (SSSR count). The lowest BCUT2D eigenvalue weighted by Gasteiger charge is -1.97. The molecule has 88 valence electrons. The molecule has 6 nitrogen and oxygen atoms in total. The van der Waals surface area contributed by atoms with Crippen molar-refractivity contribution in [1.29, 1.82) is 0 Å². The Labute approximate surface area is 97.8 Å². The van der Waals surface area contributed by atoms with E-state index in [0.29, 0.717) is 29.7 Å². The molecule has 1 unspecified atom stereocenters. The summed E-state index contributed by atoms with van der Waals surface area (Å²) in [7, 11) is 0. The van der Waals surface area contributed by atoms with Crippen LogP contribution in [-0.4, -0.2) is 28.3 Å². The predicted molar refractivity (Wildman–Crippen MR) is 60.1 cm³/mol. The van der Waals surface area contributed by atoms with Gasteiger partial charge in [0.2, 0.25) is 0 Å². The van der Waals surface area contributed by atoms with Crippen molar-refractivity contribution in [3.8, 4) is 11.6 Å². The Balaban J connectivity index is 1.86. The SMILES string of the molecule is Nc1ccc(-c2nc(C3CCOC3)no2)nc1. The van der Waals surface area contributed by atoms with Gasteiger partial charge in [-0.3, -0.25) is 0 Å². The molecular weight excluding hydrogens is 220 g/mol. The van der Waals surface area contributed by atoms with E-state index >= 15 is 0 Å². The van der Waals surface area contributed by atoms with Gasteiger partial charge in [0.05, 0.1) is 18.5 Å². The number of pyridine rings is 1. The summed E-state index contributed by atoms with van der Waals surface area (Å²) >= 11 is 0. The van der Waals surface area contributed by atoms with E-state index in [9.17, 15) is 0 Å². The van der Waals surface area contributed by atoms with Gasteiger partial charge in [0.15, 0.2) is 5.82 Å². The summed E-state index contributed by atoms with van der Waals surface area (Å²) in [6.07, 6.45) is 2.51. The quantitative estimate of drug-likeness (QED) is 0.837. The number of aromatic nitrogens is 3. The molecule has 0 amide bonds. The summed E-state index contributed by atoms with van der Waals surface area (Å²) in [6.45, 7) is 1.42. The van der Waals surface area contributed by atoms with Gasteiger partial charge in [0, 0.05) is 12.5 Å². The van der Waals surface area contributed by atoms with Crippen LogP contribution in [0, 0.1) is 0 Å². The van der Waals surface area contributed by atoms with Gasteiger partial charge in [-0.15, -0.1) is 0 Å². The van der Waals surface area contributed by atoms with Gasteiger partial charge in [-0.05, 0) is 18.6 Å². The van der Waals surface area contributed by atoms with Gasteiger partial charge in [-0.2, -0.15) is 4.98 Å². The average Bonchev–Trinajstić information content (AvgIpc) is 3.00. The number of nitrogens with zero attached hydrogens (tertiary/aromatic N) is 3. The first-order valence-corrected chi connectivity index (χ1v) is 5.46. The van der Waals surface area contributed by atoms with Gasteiger partial charge < -0.3 is 15.0 Å². The molecule has 0 aliphatic carbocycles. The van der Waals surface area contributed by atoms with Crippen LogP contribution in [0.3, 0.4) is 0 Å². The molecule has 0 spiro atoms. The highest BCUT2D eigenvalue weighted by atomic mass is 16.5. The molecule has 1 aliphatic heterocycles. The third-order valence-corrected chi connectivity index (χ3v) is 2.74. The minimum Gasteiger partial charge on any atom is -0.397 e. The topological polar surface area (TPSA) is 87.1 Å². The van der Waals surface area contributed by atoms with Crippen LogP contribution in [0.1, 0.15) is 18.2 Å². The number of nitrogens with two attached hydrogens (primary N) is 1. The average molecular weight is 232 g/mol. The zero-order valence-corrected chi connectivity index (χ0v) is 9.17. The smallest absolute Gasteiger partial charge is 0.276 e. The molecule has 0 bridgehead atoms. The molecule has 2 aromatic rings. The molecule has 6 heteroatoms. The van der Waals surface area contributed by atoms with Gasteiger partial charge in [0.1, 0.15) is 5.69 Å². The first-order valence-electron chi connectivity index (χ1n) is 5.46. The molecule has 0 saturated carbocycles. The lowest BCUT2D eigenvalue weighted by atomic mass is 10.1. The van der Waals surface area contributed by atoms with Crippen LogP contribution < -0.4 is 5.73 Å². The van der Waals surface area contributed by atoms with Crippen LogP contribution in [-0.2, 0) is 4.74 Å². The molecule has 2 N–H and O–H groups in total. The zero-order chi connectivity index (χ0) is 11.7. The minimum absolute atomic E-state index is 0.237. The lowest BCUT2D eigenvalue weighted by molar-refractivity contribution is 0.192. The molecule has 3 heterocycles. The Bertz CT molecular complexity index is 502. The van der Waals surface area contributed by atoms with Crippen LogP contribution in [0.2, 0.25) is 0 Å². The largest absolute Gasteiger partial charge is 0.397 e. The summed E-state index contributed by atoms with van der Waals surface area (Å²) in [5.41, 5.74) is 6.81. The van der Waals surface area contributed by atoms with Crippen molar-refractivity contribution in [2.24, 2.45) is 0 Å². The van der Waals surface area contributed by atoms with Crippen molar-refractivity contribution in [2.75, 3.05) is 18.9 Å². The van der Waals surface area contributed by atoms with Crippen molar-refractivity contribution in [3.63, 3.8) is 0 Å². The van der Waals surface area contributed by atoms with E-state index in [1.807, 2.05) is 0 Å². The van der Waals surface area contributed by atoms with E-state index < -0.39 is 0 Å². The Morgan fingerprint density at radius 1 is 1.35 bits per heavy atom. The second-order valence-corrected chi connectivity index (χ2v) is 4.00. The van der Waals surface area contributed by atoms with E-state index in [1.54, 1.807) is 18.3 Å². The fourth-order valence-electron chi connectivity index (χ4n) is 1.77. The standard InChI is InChI=1S/C11H12N4O2/c12-8-1-2-9(13-5-8)11-14-10(15-17-11)7-3-4-16-6-7/h1-2,5,7H,3-4,6,12H2. The van der Waals surface area contributed by atoms with Crippen LogP contribution in [0.4, 0.5) is 5.69 Å². The van der Waals surface area contributed by atoms with Crippen LogP contribution >= 0.6 is 0 Å². The van der Waals surface area contributed by atoms with Crippen molar-refractivity contribution in [2.45, 2.75) is 12.3 Å². The fourth-order valence-corrected chi connectivity index (χ4v) is 1.77. The van der Waals surface area contributed by atoms with Crippen LogP contribution in [0.25, 0.3) is 11.6 Å². The van der Waals surface area contributed by atoms with Crippen molar-refractivity contribution >= 4 is 5.69 Å². The Kier molecular flexibility index (Phi) is 2.49. The summed E-state index contributed by atoms with van der Waals surface area (Å²) < 4.78 is 10.5. The third-order valence-electron chi connectivity index (χ3n) is 2.74. The maximum Gasteiger partial charge on any atom is 0.276 e. The fraction of sp³-hybridized carbons (Fsp3) is 0.364. The summed E-state index contributed by atoms with van der Waals surface area (Å²) in [5.74, 6) is 1.35. The Hall–Kier alpha value is -1.95. The number of hydrogen-bond donors (Lipinski definition) is 1. The maximum absolute atomic E-state index is 5.56. The van der Waals surface area contributed by atoms with Gasteiger partial charge >= 0.3 is 0 Å². The van der Waals surface area contributed by atoms with Crippen LogP contribution in [0.5, 0.6) is 0 Å². The second-order valence-electron chi connectivity index (χ2n) is 4.00. The molecule has 1 fully saturated rings. The van der Waals surface area contributed by atoms with Crippen molar-refractivity contribution in [1.82, 2.24) is 15.1 Å². The van der Waals surface area contributed by atoms with E-state index in [2.05, 4.69) is 15.1 Å². The first-order chi connectivity index (χ1) is 8.33. The molecule has 1 aliphatic rings. The predicted octanol–water partition coefficient (Wildman–Crippen LogP) is 1.22. The Morgan fingerprint density at radius 3 is 3.00 bits per heavy atom. The summed E-state index contributed by atoms with van der Waals surface area (Å²) in [4.78, 5) is 8.47. The second kappa shape index (κ2) is 4.14. The van der Waals surface area contributed by atoms with E-state index in [-0.39, 0.29) is 5.92 Å². The van der Waals surface area contributed by atoms with Crippen molar-refractivity contribution < 1.29 is 9.26 Å². The molecule has 17 heavy (non-hydrogen) atoms. The number of rotatable bonds is 2. The monoisotopic (exact) mass is 232 g/mol. The molecule has 0 aromatic carbocycles. The third kappa shape index (κ3) is 1.99. The highest BCUT2D eigenvalue weighted by molar-refractivity contribution is 5.50. The van der Waals surface area contributed by atoms with Gasteiger partial charge in [-0.1, -0.05) is 5.16 Å². The zero-order valence-electron chi connectivity index (χ0n) is 9.17. The van der Waals surface area contributed by atoms with E-state index in [4.69, 9.17) is 15.0 Å².